The van der Waals surface area contributed by atoms with Crippen molar-refractivity contribution in [2.45, 2.75) is 50.7 Å². The van der Waals surface area contributed by atoms with Gasteiger partial charge in [-0.15, -0.1) is 15.0 Å². The molecular weight excluding hydrogens is 480 g/mol. The fourth-order valence-electron chi connectivity index (χ4n) is 6.68. The van der Waals surface area contributed by atoms with E-state index in [1.54, 1.807) is 24.3 Å². The van der Waals surface area contributed by atoms with Gasteiger partial charge in [-0.05, 0) is 86.6 Å². The number of rotatable bonds is 7. The second-order valence-electron chi connectivity index (χ2n) is 10.5. The Bertz CT molecular complexity index is 1300. The minimum absolute atomic E-state index is 0.0814. The van der Waals surface area contributed by atoms with Crippen molar-refractivity contribution in [1.29, 1.82) is 0 Å². The van der Waals surface area contributed by atoms with E-state index in [0.717, 1.165) is 37.0 Å². The van der Waals surface area contributed by atoms with Gasteiger partial charge in [0, 0.05) is 5.69 Å². The first-order chi connectivity index (χ1) is 17.4. The highest BCUT2D eigenvalue weighted by molar-refractivity contribution is 6.32. The zero-order valence-corrected chi connectivity index (χ0v) is 20.4. The van der Waals surface area contributed by atoms with Crippen molar-refractivity contribution in [3.05, 3.63) is 70.5 Å². The SMILES string of the molecule is O=C(O)c1cccc(NC(=O)c2nn(-c3ccccc3Cl)nc2COC23CC4CC(CC(C4)C2)C3)c1. The van der Waals surface area contributed by atoms with E-state index in [2.05, 4.69) is 15.5 Å². The summed E-state index contributed by atoms with van der Waals surface area (Å²) in [5.41, 5.74) is 1.41. The number of para-hydroxylation sites is 1. The monoisotopic (exact) mass is 506 g/mol. The lowest BCUT2D eigenvalue weighted by Gasteiger charge is -2.56. The number of ether oxygens (including phenoxy) is 1. The molecule has 0 radical (unpaired) electrons. The van der Waals surface area contributed by atoms with Crippen LogP contribution in [0.4, 0.5) is 5.69 Å². The fourth-order valence-corrected chi connectivity index (χ4v) is 6.89. The van der Waals surface area contributed by atoms with Crippen molar-refractivity contribution in [2.75, 3.05) is 5.32 Å². The molecule has 0 atom stereocenters. The molecule has 0 unspecified atom stereocenters. The van der Waals surface area contributed by atoms with Crippen molar-refractivity contribution in [3.8, 4) is 5.69 Å². The van der Waals surface area contributed by atoms with Crippen LogP contribution in [-0.2, 0) is 11.3 Å². The van der Waals surface area contributed by atoms with Crippen LogP contribution in [0.2, 0.25) is 5.02 Å². The van der Waals surface area contributed by atoms with Gasteiger partial charge < -0.3 is 15.2 Å². The Hall–Kier alpha value is -3.23. The third kappa shape index (κ3) is 4.40. The first-order valence-corrected chi connectivity index (χ1v) is 12.7. The molecule has 0 saturated heterocycles. The number of carbonyl (C=O) groups excluding carboxylic acids is 1. The number of amides is 1. The summed E-state index contributed by atoms with van der Waals surface area (Å²) in [6.45, 7) is 0.175. The van der Waals surface area contributed by atoms with E-state index in [9.17, 15) is 14.7 Å². The molecule has 4 saturated carbocycles. The van der Waals surface area contributed by atoms with Gasteiger partial charge in [-0.25, -0.2) is 4.79 Å². The maximum absolute atomic E-state index is 13.3. The predicted octanol–water partition coefficient (Wildman–Crippen LogP) is 5.36. The molecule has 0 aliphatic heterocycles. The molecule has 1 amide bonds. The molecular formula is C27H27ClN4O4. The minimum atomic E-state index is -1.07. The highest BCUT2D eigenvalue weighted by Gasteiger charge is 2.51. The van der Waals surface area contributed by atoms with Gasteiger partial charge in [-0.2, -0.15) is 0 Å². The first-order valence-electron chi connectivity index (χ1n) is 12.4. The van der Waals surface area contributed by atoms with Crippen LogP contribution in [-0.4, -0.2) is 37.6 Å². The number of carboxylic acids is 1. The number of nitrogens with one attached hydrogen (secondary N) is 1. The lowest BCUT2D eigenvalue weighted by molar-refractivity contribution is -0.169. The van der Waals surface area contributed by atoms with Crippen LogP contribution in [0.1, 0.15) is 65.1 Å². The van der Waals surface area contributed by atoms with E-state index in [4.69, 9.17) is 16.3 Å². The van der Waals surface area contributed by atoms with E-state index in [-0.39, 0.29) is 23.5 Å². The van der Waals surface area contributed by atoms with Crippen LogP contribution in [0, 0.1) is 17.8 Å². The maximum Gasteiger partial charge on any atom is 0.335 e. The van der Waals surface area contributed by atoms with Crippen LogP contribution in [0.25, 0.3) is 5.69 Å². The van der Waals surface area contributed by atoms with Gasteiger partial charge in [0.25, 0.3) is 5.91 Å². The number of benzene rings is 2. The number of hydrogen-bond donors (Lipinski definition) is 2. The van der Waals surface area contributed by atoms with Crippen LogP contribution in [0.15, 0.2) is 48.5 Å². The van der Waals surface area contributed by atoms with Gasteiger partial charge in [-0.3, -0.25) is 4.79 Å². The Morgan fingerprint density at radius 2 is 1.72 bits per heavy atom. The largest absolute Gasteiger partial charge is 0.478 e. The van der Waals surface area contributed by atoms with Crippen LogP contribution in [0.5, 0.6) is 0 Å². The number of halogens is 1. The molecule has 2 N–H and O–H groups in total. The molecule has 4 fully saturated rings. The summed E-state index contributed by atoms with van der Waals surface area (Å²) in [6.07, 6.45) is 7.15. The minimum Gasteiger partial charge on any atom is -0.478 e. The maximum atomic E-state index is 13.3. The first kappa shape index (κ1) is 23.2. The Labute approximate surface area is 213 Å². The number of carbonyl (C=O) groups is 2. The highest BCUT2D eigenvalue weighted by Crippen LogP contribution is 2.57. The third-order valence-electron chi connectivity index (χ3n) is 7.83. The van der Waals surface area contributed by atoms with Gasteiger partial charge in [-0.1, -0.05) is 29.8 Å². The van der Waals surface area contributed by atoms with Crippen molar-refractivity contribution >= 4 is 29.2 Å². The molecule has 0 spiro atoms. The van der Waals surface area contributed by atoms with E-state index < -0.39 is 11.9 Å². The van der Waals surface area contributed by atoms with Crippen molar-refractivity contribution < 1.29 is 19.4 Å². The molecule has 1 aromatic heterocycles. The number of carboxylic acid groups (broad SMARTS) is 1. The molecule has 186 valence electrons. The molecule has 9 heteroatoms. The lowest BCUT2D eigenvalue weighted by Crippen LogP contribution is -2.51. The molecule has 2 aromatic carbocycles. The molecule has 8 nitrogen and oxygen atoms in total. The average molecular weight is 507 g/mol. The standard InChI is InChI=1S/C27H27ClN4O4/c28-21-6-1-2-7-23(21)32-30-22(15-36-27-12-16-8-17(13-27)10-18(9-16)14-27)24(31-32)25(33)29-20-5-3-4-19(11-20)26(34)35/h1-7,11,16-18H,8-10,12-15H2,(H,29,33)(H,34,35). The smallest absolute Gasteiger partial charge is 0.335 e. The van der Waals surface area contributed by atoms with Crippen LogP contribution in [0.3, 0.4) is 0 Å². The Balaban J connectivity index is 1.29. The molecule has 4 aliphatic rings. The fraction of sp³-hybridized carbons (Fsp3) is 0.407. The highest BCUT2D eigenvalue weighted by atomic mass is 35.5. The molecule has 1 heterocycles. The van der Waals surface area contributed by atoms with Gasteiger partial charge >= 0.3 is 5.97 Å². The number of hydrogen-bond acceptors (Lipinski definition) is 5. The van der Waals surface area contributed by atoms with Crippen LogP contribution < -0.4 is 5.32 Å². The van der Waals surface area contributed by atoms with Crippen molar-refractivity contribution in [1.82, 2.24) is 15.0 Å². The molecule has 7 rings (SSSR count). The second kappa shape index (κ2) is 9.01. The van der Waals surface area contributed by atoms with Gasteiger partial charge in [0.05, 0.1) is 22.8 Å². The van der Waals surface area contributed by atoms with E-state index in [1.165, 1.54) is 36.2 Å². The summed E-state index contributed by atoms with van der Waals surface area (Å²) in [7, 11) is 0. The molecule has 36 heavy (non-hydrogen) atoms. The molecule has 3 aromatic rings. The Kier molecular flexibility index (Phi) is 5.80. The van der Waals surface area contributed by atoms with E-state index in [0.29, 0.717) is 22.1 Å². The lowest BCUT2D eigenvalue weighted by atomic mass is 9.54. The topological polar surface area (TPSA) is 106 Å². The Morgan fingerprint density at radius 1 is 1.03 bits per heavy atom. The van der Waals surface area contributed by atoms with E-state index >= 15 is 0 Å². The quantitative estimate of drug-likeness (QED) is 0.447. The van der Waals surface area contributed by atoms with Gasteiger partial charge in [0.2, 0.25) is 0 Å². The van der Waals surface area contributed by atoms with Gasteiger partial charge in [0.15, 0.2) is 5.69 Å². The summed E-state index contributed by atoms with van der Waals surface area (Å²) in [4.78, 5) is 26.0. The van der Waals surface area contributed by atoms with E-state index in [1.807, 2.05) is 12.1 Å². The van der Waals surface area contributed by atoms with Gasteiger partial charge in [0.1, 0.15) is 11.4 Å². The third-order valence-corrected chi connectivity index (χ3v) is 8.15. The summed E-state index contributed by atoms with van der Waals surface area (Å²) >= 11 is 6.38. The number of anilines is 1. The second-order valence-corrected chi connectivity index (χ2v) is 10.9. The summed E-state index contributed by atoms with van der Waals surface area (Å²) in [5, 5.41) is 21.6. The number of aromatic nitrogens is 3. The summed E-state index contributed by atoms with van der Waals surface area (Å²) in [5.74, 6) is 0.651. The molecule has 4 aliphatic carbocycles. The normalized spacial score (nSPS) is 26.2. The predicted molar refractivity (Wildman–Crippen MR) is 133 cm³/mol. The number of aromatic carboxylic acids is 1. The average Bonchev–Trinajstić information content (AvgIpc) is 3.27. The zero-order valence-electron chi connectivity index (χ0n) is 19.7. The van der Waals surface area contributed by atoms with Crippen molar-refractivity contribution in [3.63, 3.8) is 0 Å². The zero-order chi connectivity index (χ0) is 24.9. The number of nitrogens with zero attached hydrogens (tertiary/aromatic N) is 3. The molecule has 4 bridgehead atoms. The van der Waals surface area contributed by atoms with Crippen LogP contribution >= 0.6 is 11.6 Å². The Morgan fingerprint density at radius 3 is 2.39 bits per heavy atom. The summed E-state index contributed by atoms with van der Waals surface area (Å²) in [6, 6.07) is 13.3. The van der Waals surface area contributed by atoms with Crippen molar-refractivity contribution in [2.24, 2.45) is 17.8 Å². The summed E-state index contributed by atoms with van der Waals surface area (Å²) < 4.78 is 6.59.